The van der Waals surface area contributed by atoms with Gasteiger partial charge in [0, 0.05) is 0 Å². The number of rotatable bonds is 33. The third-order valence-electron chi connectivity index (χ3n) is 8.55. The van der Waals surface area contributed by atoms with E-state index in [0.717, 1.165) is 57.8 Å². The van der Waals surface area contributed by atoms with Crippen molar-refractivity contribution in [3.8, 4) is 0 Å². The molecule has 6 nitrogen and oxygen atoms in total. The van der Waals surface area contributed by atoms with Gasteiger partial charge >= 0.3 is 0 Å². The normalized spacial score (nSPS) is 14.9. The van der Waals surface area contributed by atoms with Crippen molar-refractivity contribution in [3.05, 3.63) is 36.5 Å². The summed E-state index contributed by atoms with van der Waals surface area (Å²) < 4.78 is 0. The number of aliphatic hydroxyl groups is 4. The van der Waals surface area contributed by atoms with Gasteiger partial charge in [0.1, 0.15) is 12.2 Å². The second kappa shape index (κ2) is 33.9. The highest BCUT2D eigenvalue weighted by Gasteiger charge is 2.28. The fourth-order valence-corrected chi connectivity index (χ4v) is 5.46. The van der Waals surface area contributed by atoms with Crippen LogP contribution >= 0.6 is 0 Å². The van der Waals surface area contributed by atoms with Crippen molar-refractivity contribution in [2.75, 3.05) is 6.61 Å². The summed E-state index contributed by atoms with van der Waals surface area (Å²) in [5.74, 6) is -0.611. The maximum absolute atomic E-state index is 12.4. The molecule has 0 aliphatic heterocycles. The lowest BCUT2D eigenvalue weighted by molar-refractivity contribution is -0.132. The molecule has 1 amide bonds. The van der Waals surface area contributed by atoms with Crippen molar-refractivity contribution in [2.24, 2.45) is 0 Å². The van der Waals surface area contributed by atoms with E-state index in [0.29, 0.717) is 19.3 Å². The third kappa shape index (κ3) is 28.5. The van der Waals surface area contributed by atoms with Gasteiger partial charge in [0.05, 0.1) is 18.8 Å². The van der Waals surface area contributed by atoms with Crippen molar-refractivity contribution in [1.82, 2.24) is 5.32 Å². The van der Waals surface area contributed by atoms with E-state index in [1.54, 1.807) is 0 Å². The average Bonchev–Trinajstić information content (AvgIpc) is 3.04. The van der Waals surface area contributed by atoms with Crippen LogP contribution in [0.5, 0.6) is 0 Å². The van der Waals surface area contributed by atoms with E-state index in [1.165, 1.54) is 83.5 Å². The van der Waals surface area contributed by atoms with E-state index in [-0.39, 0.29) is 0 Å². The van der Waals surface area contributed by atoms with E-state index in [4.69, 9.17) is 0 Å². The molecule has 0 spiro atoms. The van der Waals surface area contributed by atoms with Crippen LogP contribution in [0.3, 0.4) is 0 Å². The first kappa shape index (κ1) is 43.5. The van der Waals surface area contributed by atoms with Crippen LogP contribution in [0, 0.1) is 0 Å². The number of carbonyl (C=O) groups excluding carboxylic acids is 1. The molecule has 0 aromatic heterocycles. The van der Waals surface area contributed by atoms with Crippen LogP contribution in [0.1, 0.15) is 174 Å². The molecular formula is C39H73NO5. The Bertz CT molecular complexity index is 722. The van der Waals surface area contributed by atoms with Gasteiger partial charge in [0.15, 0.2) is 0 Å². The van der Waals surface area contributed by atoms with Gasteiger partial charge < -0.3 is 25.7 Å². The van der Waals surface area contributed by atoms with Crippen LogP contribution in [0.2, 0.25) is 0 Å². The Morgan fingerprint density at radius 2 is 0.956 bits per heavy atom. The van der Waals surface area contributed by atoms with Gasteiger partial charge in [-0.2, -0.15) is 0 Å². The maximum Gasteiger partial charge on any atom is 0.249 e. The van der Waals surface area contributed by atoms with Crippen LogP contribution in [0.25, 0.3) is 0 Å². The van der Waals surface area contributed by atoms with E-state index < -0.39 is 36.9 Å². The summed E-state index contributed by atoms with van der Waals surface area (Å²) in [7, 11) is 0. The molecule has 5 N–H and O–H groups in total. The van der Waals surface area contributed by atoms with Crippen LogP contribution in [0.4, 0.5) is 0 Å². The van der Waals surface area contributed by atoms with Gasteiger partial charge in [-0.05, 0) is 70.6 Å². The van der Waals surface area contributed by atoms with Crippen LogP contribution in [-0.4, -0.2) is 57.3 Å². The summed E-state index contributed by atoms with van der Waals surface area (Å²) in [5.41, 5.74) is 0. The fraction of sp³-hybridized carbons (Fsp3) is 0.821. The largest absolute Gasteiger partial charge is 0.394 e. The lowest BCUT2D eigenvalue weighted by Gasteiger charge is -2.27. The number of nitrogens with one attached hydrogen (secondary N) is 1. The summed E-state index contributed by atoms with van der Waals surface area (Å²) in [5, 5.41) is 43.3. The second-order valence-electron chi connectivity index (χ2n) is 12.9. The SMILES string of the molecule is CCCC/C=C\CCCCCCC(O)C(=O)NC(CO)C(O)C(O)CCC/C=C/CC/C=C/CCCCCCCCCCCC. The Morgan fingerprint density at radius 3 is 1.47 bits per heavy atom. The molecule has 0 heterocycles. The van der Waals surface area contributed by atoms with Crippen LogP contribution < -0.4 is 5.32 Å². The van der Waals surface area contributed by atoms with Crippen molar-refractivity contribution in [2.45, 2.75) is 199 Å². The second-order valence-corrected chi connectivity index (χ2v) is 12.9. The van der Waals surface area contributed by atoms with Gasteiger partial charge in [0.2, 0.25) is 5.91 Å². The van der Waals surface area contributed by atoms with Crippen LogP contribution in [-0.2, 0) is 4.79 Å². The van der Waals surface area contributed by atoms with Crippen molar-refractivity contribution in [1.29, 1.82) is 0 Å². The molecule has 0 aliphatic rings. The molecule has 6 heteroatoms. The number of unbranched alkanes of at least 4 members (excludes halogenated alkanes) is 18. The predicted octanol–water partition coefficient (Wildman–Crippen LogP) is 9.01. The van der Waals surface area contributed by atoms with Gasteiger partial charge in [-0.25, -0.2) is 0 Å². The van der Waals surface area contributed by atoms with Gasteiger partial charge in [-0.1, -0.05) is 140 Å². The zero-order valence-corrected chi connectivity index (χ0v) is 29.4. The number of aliphatic hydroxyl groups excluding tert-OH is 4. The van der Waals surface area contributed by atoms with Gasteiger partial charge in [-0.15, -0.1) is 0 Å². The molecule has 0 aromatic rings. The van der Waals surface area contributed by atoms with Crippen molar-refractivity contribution >= 4 is 5.91 Å². The summed E-state index contributed by atoms with van der Waals surface area (Å²) in [6.45, 7) is 3.96. The number of hydrogen-bond acceptors (Lipinski definition) is 5. The highest BCUT2D eigenvalue weighted by Crippen LogP contribution is 2.13. The number of amides is 1. The Labute approximate surface area is 277 Å². The predicted molar refractivity (Wildman–Crippen MR) is 191 cm³/mol. The Kier molecular flexibility index (Phi) is 32.8. The summed E-state index contributed by atoms with van der Waals surface area (Å²) in [6, 6.07) is -1.01. The lowest BCUT2D eigenvalue weighted by Crippen LogP contribution is -2.53. The molecule has 0 rings (SSSR count). The van der Waals surface area contributed by atoms with E-state index in [1.807, 2.05) is 0 Å². The van der Waals surface area contributed by atoms with E-state index in [2.05, 4.69) is 55.6 Å². The van der Waals surface area contributed by atoms with E-state index in [9.17, 15) is 25.2 Å². The van der Waals surface area contributed by atoms with Crippen LogP contribution in [0.15, 0.2) is 36.5 Å². The fourth-order valence-electron chi connectivity index (χ4n) is 5.46. The molecule has 0 bridgehead atoms. The molecule has 0 radical (unpaired) electrons. The van der Waals surface area contributed by atoms with Gasteiger partial charge in [0.25, 0.3) is 0 Å². The highest BCUT2D eigenvalue weighted by molar-refractivity contribution is 5.80. The molecule has 0 aliphatic carbocycles. The highest BCUT2D eigenvalue weighted by atomic mass is 16.3. The minimum Gasteiger partial charge on any atom is -0.394 e. The summed E-state index contributed by atoms with van der Waals surface area (Å²) >= 11 is 0. The molecule has 0 aromatic carbocycles. The molecular weight excluding hydrogens is 562 g/mol. The molecule has 264 valence electrons. The first-order valence-corrected chi connectivity index (χ1v) is 18.9. The zero-order valence-electron chi connectivity index (χ0n) is 29.4. The molecule has 45 heavy (non-hydrogen) atoms. The number of carbonyl (C=O) groups is 1. The smallest absolute Gasteiger partial charge is 0.249 e. The first-order chi connectivity index (χ1) is 22.0. The first-order valence-electron chi connectivity index (χ1n) is 18.9. The zero-order chi connectivity index (χ0) is 33.2. The lowest BCUT2D eigenvalue weighted by atomic mass is 10.00. The molecule has 0 fully saturated rings. The minimum absolute atomic E-state index is 0.344. The summed E-state index contributed by atoms with van der Waals surface area (Å²) in [6.07, 6.45) is 37.5. The number of hydrogen-bond donors (Lipinski definition) is 5. The van der Waals surface area contributed by atoms with Crippen molar-refractivity contribution < 1.29 is 25.2 Å². The Hall–Kier alpha value is -1.47. The summed E-state index contributed by atoms with van der Waals surface area (Å²) in [4.78, 5) is 12.4. The Balaban J connectivity index is 3.88. The maximum atomic E-state index is 12.4. The quantitative estimate of drug-likeness (QED) is 0.0365. The average molecular weight is 636 g/mol. The topological polar surface area (TPSA) is 110 Å². The van der Waals surface area contributed by atoms with Crippen molar-refractivity contribution in [3.63, 3.8) is 0 Å². The molecule has 0 saturated carbocycles. The standard InChI is InChI=1S/C39H73NO5/c1-3-5-7-9-11-13-15-16-17-18-19-20-21-22-23-25-26-28-30-32-36(42)38(44)35(34-41)40-39(45)37(43)33-31-29-27-24-14-12-10-8-6-4-2/h10,12,20-21,25-26,35-38,41-44H,3-9,11,13-19,22-24,27-34H2,1-2H3,(H,40,45)/b12-10-,21-20+,26-25+. The Morgan fingerprint density at radius 1 is 0.533 bits per heavy atom. The van der Waals surface area contributed by atoms with E-state index >= 15 is 0 Å². The molecule has 0 saturated heterocycles. The number of allylic oxidation sites excluding steroid dienone is 6. The third-order valence-corrected chi connectivity index (χ3v) is 8.55. The molecule has 4 atom stereocenters. The van der Waals surface area contributed by atoms with Gasteiger partial charge in [-0.3, -0.25) is 4.79 Å². The monoisotopic (exact) mass is 636 g/mol. The minimum atomic E-state index is -1.29. The molecule has 4 unspecified atom stereocenters.